The number of carboxylic acid groups (broad SMARTS) is 3. The molecule has 612 valence electrons. The van der Waals surface area contributed by atoms with Crippen LogP contribution in [0.5, 0.6) is 0 Å². The lowest BCUT2D eigenvalue weighted by Crippen LogP contribution is -2.32. The van der Waals surface area contributed by atoms with Crippen molar-refractivity contribution in [2.24, 2.45) is 10.8 Å². The van der Waals surface area contributed by atoms with E-state index in [1.165, 1.54) is 270 Å². The van der Waals surface area contributed by atoms with Crippen LogP contribution in [0.2, 0.25) is 0 Å². The van der Waals surface area contributed by atoms with Crippen LogP contribution in [0.15, 0.2) is 0 Å². The topological polar surface area (TPSA) is 264 Å². The number of unbranched alkanes of at least 4 members (excludes halogenated alkanes) is 48. The van der Waals surface area contributed by atoms with Crippen LogP contribution in [0.1, 0.15) is 455 Å². The molecule has 0 aliphatic carbocycles. The van der Waals surface area contributed by atoms with Gasteiger partial charge in [0.15, 0.2) is 6.10 Å². The standard InChI is InChI=1S/C42H78O8.C35H68O5.C7H12O4.2CH4/c1-5-7-9-11-13-15-17-19-21-23-25-27-29-31-39(45)48-35-37(50-41(47)34-42(3,4)33-38(43)44)36-49-40(46)32-30-28-26-24-22-20-18-16-14-12-10-8-6-2;1-3-5-7-9-11-13-15-17-19-21-23-25-27-29-34(37)39-31-33(36)32-40-35(38)30-28-26-24-22-20-18-16-14-12-10-8-6-4-2;1-7(2,3-5(8)9)4-6(10)11;;/h37H,5-36H2,1-4H3,(H,43,44);33,36H,3-32H2,1-2H3;3-4H2,1-2H3,(H,8,9)(H,10,11);2*1H4. The first-order valence-electron chi connectivity index (χ1n) is 41.7. The summed E-state index contributed by atoms with van der Waals surface area (Å²) in [4.78, 5) is 92.9. The summed E-state index contributed by atoms with van der Waals surface area (Å²) in [6, 6.07) is 0. The quantitative estimate of drug-likeness (QED) is 0.0250. The molecule has 0 spiro atoms. The minimum atomic E-state index is -0.997. The number of rotatable bonds is 73. The molecule has 0 rings (SSSR count). The lowest BCUT2D eigenvalue weighted by molar-refractivity contribution is -0.168. The van der Waals surface area contributed by atoms with Crippen LogP contribution < -0.4 is 0 Å². The summed E-state index contributed by atoms with van der Waals surface area (Å²) in [5, 5.41) is 35.9. The number of esters is 5. The highest BCUT2D eigenvalue weighted by Crippen LogP contribution is 2.27. The third-order valence-electron chi connectivity index (χ3n) is 18.5. The molecular formula is C86H166O17. The predicted molar refractivity (Wildman–Crippen MR) is 423 cm³/mol. The summed E-state index contributed by atoms with van der Waals surface area (Å²) in [6.45, 7) is 15.0. The van der Waals surface area contributed by atoms with Gasteiger partial charge in [-0.05, 0) is 36.5 Å². The fourth-order valence-corrected chi connectivity index (χ4v) is 12.3. The molecule has 0 aromatic rings. The van der Waals surface area contributed by atoms with Crippen molar-refractivity contribution < 1.29 is 82.5 Å². The Morgan fingerprint density at radius 2 is 0.417 bits per heavy atom. The highest BCUT2D eigenvalue weighted by Gasteiger charge is 2.29. The van der Waals surface area contributed by atoms with Gasteiger partial charge >= 0.3 is 47.8 Å². The smallest absolute Gasteiger partial charge is 0.306 e. The van der Waals surface area contributed by atoms with Crippen LogP contribution in [-0.2, 0) is 62.0 Å². The van der Waals surface area contributed by atoms with Gasteiger partial charge in [0.1, 0.15) is 32.5 Å². The monoisotopic (exact) mass is 1470 g/mol. The van der Waals surface area contributed by atoms with Gasteiger partial charge in [-0.3, -0.25) is 38.4 Å². The Balaban J connectivity index is -0.000000540. The number of aliphatic hydroxyl groups is 1. The predicted octanol–water partition coefficient (Wildman–Crippen LogP) is 24.5. The molecule has 17 heteroatoms. The highest BCUT2D eigenvalue weighted by atomic mass is 16.6. The van der Waals surface area contributed by atoms with E-state index in [-0.39, 0.29) is 90.8 Å². The Bertz CT molecular complexity index is 1830. The minimum Gasteiger partial charge on any atom is -0.481 e. The van der Waals surface area contributed by atoms with E-state index in [9.17, 15) is 43.5 Å². The van der Waals surface area contributed by atoms with Gasteiger partial charge in [0.25, 0.3) is 0 Å². The van der Waals surface area contributed by atoms with Crippen molar-refractivity contribution in [2.75, 3.05) is 26.4 Å². The molecule has 0 fully saturated rings. The van der Waals surface area contributed by atoms with Gasteiger partial charge < -0.3 is 44.1 Å². The molecule has 103 heavy (non-hydrogen) atoms. The maximum absolute atomic E-state index is 12.7. The van der Waals surface area contributed by atoms with E-state index in [4.69, 9.17) is 39.0 Å². The zero-order chi connectivity index (χ0) is 75.6. The number of carbonyl (C=O) groups is 8. The molecule has 0 amide bonds. The van der Waals surface area contributed by atoms with E-state index in [1.54, 1.807) is 27.7 Å². The number of aliphatic hydroxyl groups excluding tert-OH is 1. The molecule has 0 aliphatic heterocycles. The number of aliphatic carboxylic acids is 3. The van der Waals surface area contributed by atoms with E-state index in [1.807, 2.05) is 0 Å². The summed E-state index contributed by atoms with van der Waals surface area (Å²) >= 11 is 0. The number of ether oxygens (including phenoxy) is 5. The zero-order valence-electron chi connectivity index (χ0n) is 66.5. The maximum atomic E-state index is 12.7. The SMILES string of the molecule is C.C.CC(C)(CC(=O)O)CC(=O)O.CCCCCCCCCCCCCCCC(=O)OCC(COC(=O)CCCCCCCCCCCCCCC)OC(=O)CC(C)(C)CC(=O)O.CCCCCCCCCCCCCCCC(=O)OCC(O)COC(=O)CCCCCCCCCCCCCCC. The van der Waals surface area contributed by atoms with Gasteiger partial charge in [0.2, 0.25) is 0 Å². The molecule has 0 aromatic carbocycles. The maximum Gasteiger partial charge on any atom is 0.306 e. The van der Waals surface area contributed by atoms with Crippen molar-refractivity contribution in [3.8, 4) is 0 Å². The summed E-state index contributed by atoms with van der Waals surface area (Å²) in [5.41, 5.74) is -1.46. The summed E-state index contributed by atoms with van der Waals surface area (Å²) in [5.74, 6) is -4.81. The molecule has 4 N–H and O–H groups in total. The summed E-state index contributed by atoms with van der Waals surface area (Å²) < 4.78 is 26.7. The molecule has 17 nitrogen and oxygen atoms in total. The Morgan fingerprint density at radius 1 is 0.252 bits per heavy atom. The molecule has 0 aromatic heterocycles. The fourth-order valence-electron chi connectivity index (χ4n) is 12.3. The average molecular weight is 1470 g/mol. The van der Waals surface area contributed by atoms with E-state index in [0.717, 1.165) is 64.2 Å². The van der Waals surface area contributed by atoms with Crippen molar-refractivity contribution in [1.29, 1.82) is 0 Å². The molecule has 0 atom stereocenters. The van der Waals surface area contributed by atoms with Gasteiger partial charge in [-0.2, -0.15) is 0 Å². The van der Waals surface area contributed by atoms with Gasteiger partial charge in [-0.25, -0.2) is 0 Å². The number of carbonyl (C=O) groups excluding carboxylic acids is 5. The number of carboxylic acids is 3. The van der Waals surface area contributed by atoms with E-state index >= 15 is 0 Å². The molecule has 0 radical (unpaired) electrons. The first-order valence-corrected chi connectivity index (χ1v) is 41.7. The second kappa shape index (κ2) is 80.3. The second-order valence-corrected chi connectivity index (χ2v) is 30.7. The van der Waals surface area contributed by atoms with Crippen molar-refractivity contribution in [3.05, 3.63) is 0 Å². The van der Waals surface area contributed by atoms with Crippen molar-refractivity contribution in [1.82, 2.24) is 0 Å². The molecule has 0 unspecified atom stereocenters. The van der Waals surface area contributed by atoms with Gasteiger partial charge in [-0.15, -0.1) is 0 Å². The van der Waals surface area contributed by atoms with Crippen molar-refractivity contribution >= 4 is 47.8 Å². The normalized spacial score (nSPS) is 11.2. The van der Waals surface area contributed by atoms with Crippen LogP contribution in [0, 0.1) is 10.8 Å². The van der Waals surface area contributed by atoms with Gasteiger partial charge in [-0.1, -0.05) is 378 Å². The summed E-state index contributed by atoms with van der Waals surface area (Å²) in [7, 11) is 0. The van der Waals surface area contributed by atoms with Crippen LogP contribution in [0.3, 0.4) is 0 Å². The van der Waals surface area contributed by atoms with Crippen LogP contribution in [0.25, 0.3) is 0 Å². The lowest BCUT2D eigenvalue weighted by atomic mass is 9.86. The van der Waals surface area contributed by atoms with E-state index < -0.39 is 46.9 Å². The average Bonchev–Trinajstić information content (AvgIpc) is 0.902. The number of hydrogen-bond donors (Lipinski definition) is 4. The van der Waals surface area contributed by atoms with E-state index in [2.05, 4.69) is 27.7 Å². The Labute approximate surface area is 632 Å². The third-order valence-corrected chi connectivity index (χ3v) is 18.5. The Morgan fingerprint density at radius 3 is 0.602 bits per heavy atom. The zero-order valence-corrected chi connectivity index (χ0v) is 66.5. The Hall–Kier alpha value is -4.28. The van der Waals surface area contributed by atoms with E-state index in [0.29, 0.717) is 25.7 Å². The molecule has 0 saturated carbocycles. The molecule has 0 bridgehead atoms. The van der Waals surface area contributed by atoms with Crippen molar-refractivity contribution in [3.63, 3.8) is 0 Å². The van der Waals surface area contributed by atoms with Crippen LogP contribution in [-0.4, -0.2) is 107 Å². The number of hydrogen-bond acceptors (Lipinski definition) is 14. The fraction of sp³-hybridized carbons (Fsp3) is 0.907. The Kier molecular flexibility index (Phi) is 83.6. The third kappa shape index (κ3) is 90.0. The highest BCUT2D eigenvalue weighted by molar-refractivity contribution is 5.74. The summed E-state index contributed by atoms with van der Waals surface area (Å²) in [6.07, 6.45) is 63.8. The van der Waals surface area contributed by atoms with Crippen molar-refractivity contribution in [2.45, 2.75) is 468 Å². The second-order valence-electron chi connectivity index (χ2n) is 30.7. The first-order chi connectivity index (χ1) is 48.5. The van der Waals surface area contributed by atoms with Crippen LogP contribution in [0.4, 0.5) is 0 Å². The largest absolute Gasteiger partial charge is 0.481 e. The van der Waals surface area contributed by atoms with Gasteiger partial charge in [0.05, 0.1) is 25.7 Å². The lowest BCUT2D eigenvalue weighted by Gasteiger charge is -2.23. The molecule has 0 aliphatic rings. The van der Waals surface area contributed by atoms with Crippen LogP contribution >= 0.6 is 0 Å². The molecular weight excluding hydrogens is 1300 g/mol. The molecule has 0 saturated heterocycles. The minimum absolute atomic E-state index is 0. The van der Waals surface area contributed by atoms with Gasteiger partial charge in [0, 0.05) is 25.7 Å². The molecule has 0 heterocycles. The first kappa shape index (κ1) is 107.